The lowest BCUT2D eigenvalue weighted by atomic mass is 9.96. The summed E-state index contributed by atoms with van der Waals surface area (Å²) in [4.78, 5) is 20.0. The Morgan fingerprint density at radius 2 is 1.71 bits per heavy atom. The third-order valence-electron chi connectivity index (χ3n) is 7.38. The molecule has 0 unspecified atom stereocenters. The van der Waals surface area contributed by atoms with Crippen molar-refractivity contribution in [2.45, 2.75) is 32.5 Å². The third-order valence-corrected chi connectivity index (χ3v) is 7.38. The number of amides is 1. The van der Waals surface area contributed by atoms with E-state index in [1.54, 1.807) is 4.90 Å². The van der Waals surface area contributed by atoms with Crippen molar-refractivity contribution in [1.29, 1.82) is 0 Å². The molecule has 3 aromatic rings. The maximum Gasteiger partial charge on any atom is 0.264 e. The first-order valence-corrected chi connectivity index (χ1v) is 13.0. The molecular formula is C30H33F2N3O3. The van der Waals surface area contributed by atoms with Gasteiger partial charge in [-0.05, 0) is 47.9 Å². The van der Waals surface area contributed by atoms with Gasteiger partial charge in [-0.2, -0.15) is 0 Å². The molecule has 0 spiro atoms. The largest absolute Gasteiger partial charge is 0.507 e. The number of piperazine rings is 1. The molecule has 200 valence electrons. The molecule has 1 saturated heterocycles. The Morgan fingerprint density at radius 1 is 0.947 bits per heavy atom. The van der Waals surface area contributed by atoms with E-state index < -0.39 is 18.1 Å². The topological polar surface area (TPSA) is 56.2 Å². The first-order chi connectivity index (χ1) is 18.4. The molecule has 0 radical (unpaired) electrons. The minimum Gasteiger partial charge on any atom is -0.507 e. The van der Waals surface area contributed by atoms with Crippen molar-refractivity contribution in [3.63, 3.8) is 0 Å². The maximum absolute atomic E-state index is 13.6. The highest BCUT2D eigenvalue weighted by atomic mass is 19.3. The Kier molecular flexibility index (Phi) is 7.90. The van der Waals surface area contributed by atoms with Gasteiger partial charge in [0.2, 0.25) is 0 Å². The highest BCUT2D eigenvalue weighted by molar-refractivity contribution is 6.00. The fourth-order valence-corrected chi connectivity index (χ4v) is 5.11. The van der Waals surface area contributed by atoms with E-state index in [0.29, 0.717) is 19.5 Å². The molecule has 1 amide bonds. The lowest BCUT2D eigenvalue weighted by Crippen LogP contribution is -2.43. The number of likely N-dealkylation sites (N-methyl/N-ethyl adjacent to an activating group) is 1. The molecule has 1 fully saturated rings. The van der Waals surface area contributed by atoms with Crippen LogP contribution in [-0.2, 0) is 26.1 Å². The summed E-state index contributed by atoms with van der Waals surface area (Å²) in [6.45, 7) is 6.11. The Hall–Kier alpha value is -3.49. The third kappa shape index (κ3) is 5.97. The van der Waals surface area contributed by atoms with Crippen LogP contribution in [0, 0.1) is 0 Å². The van der Waals surface area contributed by atoms with Gasteiger partial charge in [0.05, 0.1) is 0 Å². The van der Waals surface area contributed by atoms with Crippen molar-refractivity contribution in [2.75, 3.05) is 39.8 Å². The van der Waals surface area contributed by atoms with Crippen LogP contribution >= 0.6 is 0 Å². The summed E-state index contributed by atoms with van der Waals surface area (Å²) in [5, 5.41) is 10.7. The standard InChI is InChI=1S/C30H33F2N3O3/c1-33-11-13-34(14-12-33)18-22-7-8-24-19-35(10-9-23(24)15-22)30(37)28-26(36)16-25(29(31)32)17-27(28)38-20-21-5-3-2-4-6-21/h2-8,15-17,29,36H,9-14,18-20H2,1H3. The van der Waals surface area contributed by atoms with E-state index >= 15 is 0 Å². The van der Waals surface area contributed by atoms with Gasteiger partial charge >= 0.3 is 0 Å². The van der Waals surface area contributed by atoms with E-state index in [1.165, 1.54) is 11.1 Å². The van der Waals surface area contributed by atoms with Crippen LogP contribution in [0.4, 0.5) is 8.78 Å². The van der Waals surface area contributed by atoms with Crippen molar-refractivity contribution in [1.82, 2.24) is 14.7 Å². The van der Waals surface area contributed by atoms with Gasteiger partial charge in [-0.15, -0.1) is 0 Å². The molecule has 3 aromatic carbocycles. The molecular weight excluding hydrogens is 488 g/mol. The number of benzene rings is 3. The van der Waals surface area contributed by atoms with E-state index in [4.69, 9.17) is 4.74 Å². The van der Waals surface area contributed by atoms with E-state index in [1.807, 2.05) is 30.3 Å². The van der Waals surface area contributed by atoms with Crippen molar-refractivity contribution >= 4 is 5.91 Å². The van der Waals surface area contributed by atoms with Crippen molar-refractivity contribution in [3.8, 4) is 11.5 Å². The van der Waals surface area contributed by atoms with Crippen LogP contribution in [0.5, 0.6) is 11.5 Å². The number of halogens is 2. The minimum absolute atomic E-state index is 0.0394. The number of phenols is 1. The van der Waals surface area contributed by atoms with Crippen LogP contribution in [0.15, 0.2) is 60.7 Å². The van der Waals surface area contributed by atoms with Crippen LogP contribution < -0.4 is 4.74 Å². The van der Waals surface area contributed by atoms with Gasteiger partial charge in [0, 0.05) is 51.4 Å². The first kappa shape index (κ1) is 26.1. The van der Waals surface area contributed by atoms with Gasteiger partial charge < -0.3 is 19.6 Å². The molecule has 2 aliphatic heterocycles. The second-order valence-corrected chi connectivity index (χ2v) is 10.1. The van der Waals surface area contributed by atoms with E-state index in [9.17, 15) is 18.7 Å². The number of nitrogens with zero attached hydrogens (tertiary/aromatic N) is 3. The van der Waals surface area contributed by atoms with E-state index in [-0.39, 0.29) is 23.5 Å². The van der Waals surface area contributed by atoms with Crippen molar-refractivity contribution in [3.05, 3.63) is 94.0 Å². The number of fused-ring (bicyclic) bond motifs is 1. The highest BCUT2D eigenvalue weighted by Gasteiger charge is 2.29. The van der Waals surface area contributed by atoms with Gasteiger partial charge in [-0.3, -0.25) is 9.69 Å². The molecule has 0 aliphatic carbocycles. The number of carbonyl (C=O) groups excluding carboxylic acids is 1. The first-order valence-electron chi connectivity index (χ1n) is 13.0. The maximum atomic E-state index is 13.6. The Morgan fingerprint density at radius 3 is 2.45 bits per heavy atom. The predicted molar refractivity (Wildman–Crippen MR) is 141 cm³/mol. The molecule has 0 bridgehead atoms. The van der Waals surface area contributed by atoms with E-state index in [2.05, 4.69) is 35.0 Å². The molecule has 2 heterocycles. The zero-order chi connectivity index (χ0) is 26.6. The fraction of sp³-hybridized carbons (Fsp3) is 0.367. The van der Waals surface area contributed by atoms with Gasteiger partial charge in [0.1, 0.15) is 23.7 Å². The number of phenolic OH excluding ortho intramolecular Hbond substituents is 1. The monoisotopic (exact) mass is 521 g/mol. The second-order valence-electron chi connectivity index (χ2n) is 10.1. The number of rotatable bonds is 7. The SMILES string of the molecule is CN1CCN(Cc2ccc3c(c2)CCN(C(=O)c2c(O)cc(C(F)F)cc2OCc2ccccc2)C3)CC1. The zero-order valence-corrected chi connectivity index (χ0v) is 21.6. The van der Waals surface area contributed by atoms with Gasteiger partial charge in [-0.1, -0.05) is 48.5 Å². The number of hydrogen-bond donors (Lipinski definition) is 1. The number of carbonyl (C=O) groups is 1. The smallest absolute Gasteiger partial charge is 0.264 e. The lowest BCUT2D eigenvalue weighted by Gasteiger charge is -2.33. The Bertz CT molecular complexity index is 1280. The normalized spacial score (nSPS) is 16.5. The summed E-state index contributed by atoms with van der Waals surface area (Å²) in [6.07, 6.45) is -2.11. The van der Waals surface area contributed by atoms with Crippen LogP contribution in [-0.4, -0.2) is 65.5 Å². The molecule has 8 heteroatoms. The lowest BCUT2D eigenvalue weighted by molar-refractivity contribution is 0.0725. The number of ether oxygens (including phenoxy) is 1. The zero-order valence-electron chi connectivity index (χ0n) is 21.6. The average Bonchev–Trinajstić information content (AvgIpc) is 2.92. The van der Waals surface area contributed by atoms with Crippen molar-refractivity contribution < 1.29 is 23.4 Å². The minimum atomic E-state index is -2.80. The van der Waals surface area contributed by atoms with Gasteiger partial charge in [0.15, 0.2) is 0 Å². The van der Waals surface area contributed by atoms with E-state index in [0.717, 1.165) is 56.0 Å². The number of alkyl halides is 2. The number of aromatic hydroxyl groups is 1. The van der Waals surface area contributed by atoms with Crippen LogP contribution in [0.25, 0.3) is 0 Å². The summed E-state index contributed by atoms with van der Waals surface area (Å²) < 4.78 is 32.8. The molecule has 2 aliphatic rings. The van der Waals surface area contributed by atoms with Gasteiger partial charge in [-0.25, -0.2) is 8.78 Å². The van der Waals surface area contributed by atoms with Crippen LogP contribution in [0.3, 0.4) is 0 Å². The van der Waals surface area contributed by atoms with Crippen LogP contribution in [0.2, 0.25) is 0 Å². The van der Waals surface area contributed by atoms with Crippen molar-refractivity contribution in [2.24, 2.45) is 0 Å². The molecule has 1 N–H and O–H groups in total. The fourth-order valence-electron chi connectivity index (χ4n) is 5.11. The molecule has 0 aromatic heterocycles. The summed E-state index contributed by atoms with van der Waals surface area (Å²) in [6, 6.07) is 17.8. The quantitative estimate of drug-likeness (QED) is 0.482. The summed E-state index contributed by atoms with van der Waals surface area (Å²) in [7, 11) is 2.15. The Labute approximate surface area is 222 Å². The molecule has 0 atom stereocenters. The molecule has 38 heavy (non-hydrogen) atoms. The summed E-state index contributed by atoms with van der Waals surface area (Å²) >= 11 is 0. The van der Waals surface area contributed by atoms with Crippen LogP contribution in [0.1, 0.15) is 44.6 Å². The number of hydrogen-bond acceptors (Lipinski definition) is 5. The summed E-state index contributed by atoms with van der Waals surface area (Å²) in [5.41, 5.74) is 3.90. The highest BCUT2D eigenvalue weighted by Crippen LogP contribution is 2.36. The van der Waals surface area contributed by atoms with Gasteiger partial charge in [0.25, 0.3) is 12.3 Å². The summed E-state index contributed by atoms with van der Waals surface area (Å²) in [5.74, 6) is -0.967. The Balaban J connectivity index is 1.32. The molecule has 0 saturated carbocycles. The average molecular weight is 522 g/mol. The second kappa shape index (κ2) is 11.5. The predicted octanol–water partition coefficient (Wildman–Crippen LogP) is 4.85. The molecule has 6 nitrogen and oxygen atoms in total. The molecule has 5 rings (SSSR count).